The molecule has 1 unspecified atom stereocenters. The normalized spacial score (nSPS) is 12.7. The highest BCUT2D eigenvalue weighted by Gasteiger charge is 2.23. The van der Waals surface area contributed by atoms with E-state index in [0.29, 0.717) is 5.57 Å². The topological polar surface area (TPSA) is 40.5 Å². The average molecular weight is 241 g/mol. The molecule has 0 aliphatic rings. The van der Waals surface area contributed by atoms with Crippen LogP contribution in [-0.2, 0) is 4.79 Å². The van der Waals surface area contributed by atoms with Crippen molar-refractivity contribution in [3.8, 4) is 0 Å². The summed E-state index contributed by atoms with van der Waals surface area (Å²) in [5, 5.41) is 9.11. The summed E-state index contributed by atoms with van der Waals surface area (Å²) >= 11 is 0. The van der Waals surface area contributed by atoms with Crippen molar-refractivity contribution >= 4 is 5.97 Å². The van der Waals surface area contributed by atoms with E-state index in [-0.39, 0.29) is 6.04 Å². The van der Waals surface area contributed by atoms with E-state index >= 15 is 0 Å². The maximum atomic E-state index is 11.1. The van der Waals surface area contributed by atoms with Crippen LogP contribution < -0.4 is 0 Å². The van der Waals surface area contributed by atoms with E-state index in [1.807, 2.05) is 0 Å². The van der Waals surface area contributed by atoms with Crippen LogP contribution in [0.25, 0.3) is 0 Å². The average Bonchev–Trinajstić information content (AvgIpc) is 2.29. The molecule has 0 saturated carbocycles. The van der Waals surface area contributed by atoms with E-state index in [4.69, 9.17) is 5.11 Å². The van der Waals surface area contributed by atoms with Crippen LogP contribution in [0.2, 0.25) is 0 Å². The van der Waals surface area contributed by atoms with Crippen molar-refractivity contribution in [2.45, 2.75) is 58.9 Å². The first-order valence-electron chi connectivity index (χ1n) is 6.74. The zero-order chi connectivity index (χ0) is 13.3. The van der Waals surface area contributed by atoms with Crippen LogP contribution in [0.3, 0.4) is 0 Å². The van der Waals surface area contributed by atoms with Crippen molar-refractivity contribution < 1.29 is 9.90 Å². The van der Waals surface area contributed by atoms with E-state index in [9.17, 15) is 4.79 Å². The van der Waals surface area contributed by atoms with E-state index < -0.39 is 5.97 Å². The predicted octanol–water partition coefficient (Wildman–Crippen LogP) is 3.31. The number of carbonyl (C=O) groups is 1. The molecule has 0 aromatic rings. The van der Waals surface area contributed by atoms with Crippen LogP contribution in [0.5, 0.6) is 0 Å². The third kappa shape index (κ3) is 5.87. The standard InChI is InChI=1S/C14H27NO2/c1-5-8-9-13(12(4)14(16)17)15(10-6-2)11-7-3/h13H,4-11H2,1-3H3,(H,16,17). The number of rotatable bonds is 10. The Bertz CT molecular complexity index is 232. The number of aliphatic carboxylic acids is 1. The van der Waals surface area contributed by atoms with Crippen molar-refractivity contribution in [3.63, 3.8) is 0 Å². The Morgan fingerprint density at radius 2 is 1.71 bits per heavy atom. The summed E-state index contributed by atoms with van der Waals surface area (Å²) in [5.74, 6) is -0.858. The number of carboxylic acid groups (broad SMARTS) is 1. The zero-order valence-corrected chi connectivity index (χ0v) is 11.5. The molecule has 0 aromatic carbocycles. The zero-order valence-electron chi connectivity index (χ0n) is 11.5. The summed E-state index contributed by atoms with van der Waals surface area (Å²) in [6.45, 7) is 12.0. The largest absolute Gasteiger partial charge is 0.478 e. The molecule has 1 atom stereocenters. The first-order valence-corrected chi connectivity index (χ1v) is 6.74. The molecule has 3 heteroatoms. The smallest absolute Gasteiger partial charge is 0.332 e. The Hall–Kier alpha value is -0.830. The van der Waals surface area contributed by atoms with Crippen LogP contribution in [0.1, 0.15) is 52.9 Å². The van der Waals surface area contributed by atoms with Gasteiger partial charge in [-0.05, 0) is 32.4 Å². The van der Waals surface area contributed by atoms with Gasteiger partial charge in [0.05, 0.1) is 0 Å². The third-order valence-corrected chi connectivity index (χ3v) is 2.97. The third-order valence-electron chi connectivity index (χ3n) is 2.97. The van der Waals surface area contributed by atoms with Gasteiger partial charge in [-0.3, -0.25) is 4.90 Å². The molecule has 0 rings (SSSR count). The lowest BCUT2D eigenvalue weighted by molar-refractivity contribution is -0.133. The molecule has 0 bridgehead atoms. The molecule has 0 saturated heterocycles. The number of nitrogens with zero attached hydrogens (tertiary/aromatic N) is 1. The molecule has 0 heterocycles. The van der Waals surface area contributed by atoms with Gasteiger partial charge in [-0.2, -0.15) is 0 Å². The first kappa shape index (κ1) is 16.2. The van der Waals surface area contributed by atoms with Gasteiger partial charge in [0.2, 0.25) is 0 Å². The molecule has 0 spiro atoms. The number of hydrogen-bond donors (Lipinski definition) is 1. The second-order valence-electron chi connectivity index (χ2n) is 4.52. The Morgan fingerprint density at radius 3 is 2.06 bits per heavy atom. The van der Waals surface area contributed by atoms with Crippen LogP contribution >= 0.6 is 0 Å². The fourth-order valence-electron chi connectivity index (χ4n) is 2.12. The highest BCUT2D eigenvalue weighted by molar-refractivity contribution is 5.87. The summed E-state index contributed by atoms with van der Waals surface area (Å²) in [4.78, 5) is 13.4. The molecular formula is C14H27NO2. The van der Waals surface area contributed by atoms with Gasteiger partial charge in [0.15, 0.2) is 0 Å². The summed E-state index contributed by atoms with van der Waals surface area (Å²) < 4.78 is 0. The molecule has 0 fully saturated rings. The molecule has 0 aliphatic heterocycles. The predicted molar refractivity (Wildman–Crippen MR) is 72.2 cm³/mol. The number of hydrogen-bond acceptors (Lipinski definition) is 2. The maximum Gasteiger partial charge on any atom is 0.332 e. The van der Waals surface area contributed by atoms with Crippen molar-refractivity contribution in [3.05, 3.63) is 12.2 Å². The molecule has 1 N–H and O–H groups in total. The van der Waals surface area contributed by atoms with Gasteiger partial charge in [0.1, 0.15) is 0 Å². The van der Waals surface area contributed by atoms with E-state index in [1.165, 1.54) is 0 Å². The van der Waals surface area contributed by atoms with Gasteiger partial charge in [-0.25, -0.2) is 4.79 Å². The van der Waals surface area contributed by atoms with Gasteiger partial charge >= 0.3 is 5.97 Å². The fourth-order valence-corrected chi connectivity index (χ4v) is 2.12. The van der Waals surface area contributed by atoms with E-state index in [2.05, 4.69) is 32.3 Å². The van der Waals surface area contributed by atoms with Crippen molar-refractivity contribution in [2.24, 2.45) is 0 Å². The van der Waals surface area contributed by atoms with Gasteiger partial charge in [-0.1, -0.05) is 40.2 Å². The molecule has 3 nitrogen and oxygen atoms in total. The highest BCUT2D eigenvalue weighted by Crippen LogP contribution is 2.17. The Labute approximate surface area is 106 Å². The Balaban J connectivity index is 4.70. The Morgan fingerprint density at radius 1 is 1.18 bits per heavy atom. The maximum absolute atomic E-state index is 11.1. The van der Waals surface area contributed by atoms with Crippen LogP contribution in [0.4, 0.5) is 0 Å². The molecule has 0 aromatic heterocycles. The molecule has 17 heavy (non-hydrogen) atoms. The molecule has 100 valence electrons. The van der Waals surface area contributed by atoms with Gasteiger partial charge in [0.25, 0.3) is 0 Å². The fraction of sp³-hybridized carbons (Fsp3) is 0.786. The second-order valence-corrected chi connectivity index (χ2v) is 4.52. The van der Waals surface area contributed by atoms with Gasteiger partial charge in [-0.15, -0.1) is 0 Å². The summed E-state index contributed by atoms with van der Waals surface area (Å²) in [6.07, 6.45) is 5.16. The molecule has 0 radical (unpaired) electrons. The first-order chi connectivity index (χ1) is 8.08. The summed E-state index contributed by atoms with van der Waals surface area (Å²) in [7, 11) is 0. The molecule has 0 aliphatic carbocycles. The van der Waals surface area contributed by atoms with Crippen molar-refractivity contribution in [2.75, 3.05) is 13.1 Å². The monoisotopic (exact) mass is 241 g/mol. The van der Waals surface area contributed by atoms with Crippen LogP contribution in [-0.4, -0.2) is 35.1 Å². The van der Waals surface area contributed by atoms with Gasteiger partial charge < -0.3 is 5.11 Å². The highest BCUT2D eigenvalue weighted by atomic mass is 16.4. The molecule has 0 amide bonds. The Kier molecular flexibility index (Phi) is 8.78. The van der Waals surface area contributed by atoms with Gasteiger partial charge in [0, 0.05) is 11.6 Å². The van der Waals surface area contributed by atoms with Crippen LogP contribution in [0.15, 0.2) is 12.2 Å². The quantitative estimate of drug-likeness (QED) is 0.597. The minimum Gasteiger partial charge on any atom is -0.478 e. The van der Waals surface area contributed by atoms with E-state index in [1.54, 1.807) is 0 Å². The lowest BCUT2D eigenvalue weighted by atomic mass is 10.00. The minimum atomic E-state index is -0.858. The lowest BCUT2D eigenvalue weighted by Gasteiger charge is -2.31. The van der Waals surface area contributed by atoms with Crippen molar-refractivity contribution in [1.82, 2.24) is 4.90 Å². The summed E-state index contributed by atoms with van der Waals surface area (Å²) in [5.41, 5.74) is 0.348. The van der Waals surface area contributed by atoms with Crippen molar-refractivity contribution in [1.29, 1.82) is 0 Å². The van der Waals surface area contributed by atoms with E-state index in [0.717, 1.165) is 45.2 Å². The number of unbranched alkanes of at least 4 members (excludes halogenated alkanes) is 1. The molecular weight excluding hydrogens is 214 g/mol. The number of carboxylic acids is 1. The lowest BCUT2D eigenvalue weighted by Crippen LogP contribution is -2.39. The second kappa shape index (κ2) is 9.23. The summed E-state index contributed by atoms with van der Waals surface area (Å²) in [6, 6.07) is 0.00681. The van der Waals surface area contributed by atoms with Crippen LogP contribution in [0, 0.1) is 0 Å². The SMILES string of the molecule is C=C(C(=O)O)C(CCCC)N(CCC)CCC. The minimum absolute atomic E-state index is 0.00681.